The first-order valence-corrected chi connectivity index (χ1v) is 5.04. The van der Waals surface area contributed by atoms with Gasteiger partial charge in [-0.05, 0) is 18.2 Å². The van der Waals surface area contributed by atoms with Crippen LogP contribution >= 0.6 is 0 Å². The van der Waals surface area contributed by atoms with E-state index in [1.807, 2.05) is 24.3 Å². The van der Waals surface area contributed by atoms with Gasteiger partial charge in [-0.2, -0.15) is 0 Å². The smallest absolute Gasteiger partial charge is 0.131 e. The number of fused-ring (bicyclic) bond motifs is 1. The Morgan fingerprint density at radius 2 is 2.19 bits per heavy atom. The molecular formula is C12H14N2O2. The zero-order chi connectivity index (χ0) is 11.5. The van der Waals surface area contributed by atoms with Gasteiger partial charge >= 0.3 is 0 Å². The minimum atomic E-state index is -0.0227. The summed E-state index contributed by atoms with van der Waals surface area (Å²) in [6.45, 7) is -0.0227. The Hall–Kier alpha value is -1.81. The highest BCUT2D eigenvalue weighted by Gasteiger charge is 2.05. The molecule has 1 aromatic carbocycles. The number of hydrogen-bond donors (Lipinski definition) is 2. The largest absolute Gasteiger partial charge is 0.497 e. The van der Waals surface area contributed by atoms with Gasteiger partial charge in [0.05, 0.1) is 19.2 Å². The summed E-state index contributed by atoms with van der Waals surface area (Å²) >= 11 is 0. The number of benzene rings is 1. The van der Waals surface area contributed by atoms with Crippen LogP contribution in [0.25, 0.3) is 10.9 Å². The van der Waals surface area contributed by atoms with E-state index in [9.17, 15) is 5.11 Å². The first-order chi connectivity index (χ1) is 7.78. The van der Waals surface area contributed by atoms with E-state index < -0.39 is 0 Å². The molecule has 0 bridgehead atoms. The molecular weight excluding hydrogens is 204 g/mol. The first-order valence-electron chi connectivity index (χ1n) is 5.04. The van der Waals surface area contributed by atoms with E-state index in [4.69, 9.17) is 4.74 Å². The summed E-state index contributed by atoms with van der Waals surface area (Å²) in [5.41, 5.74) is 1.64. The van der Waals surface area contributed by atoms with Crippen LogP contribution in [0, 0.1) is 0 Å². The van der Waals surface area contributed by atoms with Crippen molar-refractivity contribution < 1.29 is 9.84 Å². The van der Waals surface area contributed by atoms with E-state index in [1.165, 1.54) is 0 Å². The Balaban J connectivity index is 2.63. The minimum absolute atomic E-state index is 0.0227. The highest BCUT2D eigenvalue weighted by atomic mass is 16.5. The van der Waals surface area contributed by atoms with Crippen molar-refractivity contribution in [2.45, 2.75) is 6.61 Å². The molecule has 84 valence electrons. The van der Waals surface area contributed by atoms with Crippen molar-refractivity contribution in [3.05, 3.63) is 29.8 Å². The van der Waals surface area contributed by atoms with Crippen molar-refractivity contribution in [2.75, 3.05) is 19.5 Å². The molecule has 1 aromatic heterocycles. The summed E-state index contributed by atoms with van der Waals surface area (Å²) in [5.74, 6) is 1.47. The van der Waals surface area contributed by atoms with Gasteiger partial charge in [0.15, 0.2) is 0 Å². The molecule has 0 saturated carbocycles. The van der Waals surface area contributed by atoms with Crippen molar-refractivity contribution in [3.63, 3.8) is 0 Å². The lowest BCUT2D eigenvalue weighted by Crippen LogP contribution is -1.99. The molecule has 0 saturated heterocycles. The molecule has 1 heterocycles. The fourth-order valence-corrected chi connectivity index (χ4v) is 1.65. The molecule has 16 heavy (non-hydrogen) atoms. The number of methoxy groups -OCH3 is 1. The summed E-state index contributed by atoms with van der Waals surface area (Å²) in [6, 6.07) is 7.61. The molecule has 4 nitrogen and oxygen atoms in total. The Kier molecular flexibility index (Phi) is 2.92. The third-order valence-electron chi connectivity index (χ3n) is 2.51. The van der Waals surface area contributed by atoms with Crippen LogP contribution in [-0.2, 0) is 6.61 Å². The second-order valence-corrected chi connectivity index (χ2v) is 3.46. The van der Waals surface area contributed by atoms with Crippen LogP contribution in [0.4, 0.5) is 5.82 Å². The fraction of sp³-hybridized carbons (Fsp3) is 0.250. The fourth-order valence-electron chi connectivity index (χ4n) is 1.65. The van der Waals surface area contributed by atoms with Crippen LogP contribution in [0.1, 0.15) is 5.56 Å². The zero-order valence-corrected chi connectivity index (χ0v) is 9.32. The van der Waals surface area contributed by atoms with Gasteiger partial charge in [0.25, 0.3) is 0 Å². The molecule has 0 amide bonds. The lowest BCUT2D eigenvalue weighted by molar-refractivity contribution is 0.282. The molecule has 0 spiro atoms. The lowest BCUT2D eigenvalue weighted by Gasteiger charge is -2.08. The van der Waals surface area contributed by atoms with Crippen LogP contribution in [0.15, 0.2) is 24.3 Å². The highest BCUT2D eigenvalue weighted by molar-refractivity contribution is 5.83. The SMILES string of the molecule is CNc1nc2cc(OC)ccc2cc1CO. The lowest BCUT2D eigenvalue weighted by atomic mass is 10.1. The Morgan fingerprint density at radius 3 is 2.81 bits per heavy atom. The molecule has 0 aliphatic rings. The number of aliphatic hydroxyl groups is 1. The normalized spacial score (nSPS) is 10.4. The summed E-state index contributed by atoms with van der Waals surface area (Å²) in [7, 11) is 3.41. The van der Waals surface area contributed by atoms with Crippen molar-refractivity contribution >= 4 is 16.7 Å². The number of nitrogens with zero attached hydrogens (tertiary/aromatic N) is 1. The third kappa shape index (κ3) is 1.79. The second-order valence-electron chi connectivity index (χ2n) is 3.46. The Bertz CT molecular complexity index is 512. The van der Waals surface area contributed by atoms with Gasteiger partial charge in [0.1, 0.15) is 11.6 Å². The monoisotopic (exact) mass is 218 g/mol. The molecule has 0 aliphatic heterocycles. The average molecular weight is 218 g/mol. The number of nitrogens with one attached hydrogen (secondary N) is 1. The van der Waals surface area contributed by atoms with Gasteiger partial charge < -0.3 is 15.2 Å². The van der Waals surface area contributed by atoms with E-state index in [2.05, 4.69) is 10.3 Å². The molecule has 0 fully saturated rings. The molecule has 4 heteroatoms. The van der Waals surface area contributed by atoms with Gasteiger partial charge in [-0.3, -0.25) is 0 Å². The average Bonchev–Trinajstić information content (AvgIpc) is 2.36. The van der Waals surface area contributed by atoms with Gasteiger partial charge in [-0.15, -0.1) is 0 Å². The predicted octanol–water partition coefficient (Wildman–Crippen LogP) is 1.78. The van der Waals surface area contributed by atoms with Crippen molar-refractivity contribution in [2.24, 2.45) is 0 Å². The van der Waals surface area contributed by atoms with Crippen LogP contribution in [0.2, 0.25) is 0 Å². The summed E-state index contributed by atoms with van der Waals surface area (Å²) in [5, 5.41) is 13.2. The number of aliphatic hydroxyl groups excluding tert-OH is 1. The van der Waals surface area contributed by atoms with Crippen molar-refractivity contribution in [3.8, 4) is 5.75 Å². The number of hydrogen-bond acceptors (Lipinski definition) is 4. The van der Waals surface area contributed by atoms with E-state index in [1.54, 1.807) is 14.2 Å². The standard InChI is InChI=1S/C12H14N2O2/c1-13-12-9(7-15)5-8-3-4-10(16-2)6-11(8)14-12/h3-6,15H,7H2,1-2H3,(H,13,14). The maximum atomic E-state index is 9.21. The summed E-state index contributed by atoms with van der Waals surface area (Å²) in [4.78, 5) is 4.42. The second kappa shape index (κ2) is 4.37. The van der Waals surface area contributed by atoms with Crippen molar-refractivity contribution in [1.82, 2.24) is 4.98 Å². The van der Waals surface area contributed by atoms with Crippen LogP contribution in [0.3, 0.4) is 0 Å². The van der Waals surface area contributed by atoms with Crippen LogP contribution < -0.4 is 10.1 Å². The number of anilines is 1. The number of aromatic nitrogens is 1. The Labute approximate surface area is 93.9 Å². The van der Waals surface area contributed by atoms with Gasteiger partial charge in [-0.25, -0.2) is 4.98 Å². The summed E-state index contributed by atoms with van der Waals surface area (Å²) < 4.78 is 5.14. The molecule has 2 N–H and O–H groups in total. The first kappa shape index (κ1) is 10.7. The van der Waals surface area contributed by atoms with E-state index >= 15 is 0 Å². The number of ether oxygens (including phenoxy) is 1. The molecule has 2 aromatic rings. The summed E-state index contributed by atoms with van der Waals surface area (Å²) in [6.07, 6.45) is 0. The molecule has 0 unspecified atom stereocenters. The Morgan fingerprint density at radius 1 is 1.38 bits per heavy atom. The number of pyridine rings is 1. The van der Waals surface area contributed by atoms with E-state index in [0.717, 1.165) is 22.2 Å². The zero-order valence-electron chi connectivity index (χ0n) is 9.32. The highest BCUT2D eigenvalue weighted by Crippen LogP contribution is 2.23. The van der Waals surface area contributed by atoms with Crippen molar-refractivity contribution in [1.29, 1.82) is 0 Å². The van der Waals surface area contributed by atoms with E-state index in [-0.39, 0.29) is 6.61 Å². The van der Waals surface area contributed by atoms with Gasteiger partial charge in [0, 0.05) is 24.1 Å². The van der Waals surface area contributed by atoms with Gasteiger partial charge in [-0.1, -0.05) is 0 Å². The minimum Gasteiger partial charge on any atom is -0.497 e. The quantitative estimate of drug-likeness (QED) is 0.824. The van der Waals surface area contributed by atoms with Crippen LogP contribution in [-0.4, -0.2) is 24.2 Å². The van der Waals surface area contributed by atoms with Gasteiger partial charge in [0.2, 0.25) is 0 Å². The maximum absolute atomic E-state index is 9.21. The molecule has 0 atom stereocenters. The predicted molar refractivity (Wildman–Crippen MR) is 63.8 cm³/mol. The maximum Gasteiger partial charge on any atom is 0.131 e. The molecule has 0 aliphatic carbocycles. The number of rotatable bonds is 3. The molecule has 2 rings (SSSR count). The topological polar surface area (TPSA) is 54.4 Å². The molecule has 0 radical (unpaired) electrons. The third-order valence-corrected chi connectivity index (χ3v) is 2.51. The van der Waals surface area contributed by atoms with Crippen LogP contribution in [0.5, 0.6) is 5.75 Å². The van der Waals surface area contributed by atoms with E-state index in [0.29, 0.717) is 5.82 Å².